The van der Waals surface area contributed by atoms with Gasteiger partial charge in [-0.05, 0) is 41.5 Å². The number of benzene rings is 2. The van der Waals surface area contributed by atoms with Gasteiger partial charge in [0.25, 0.3) is 0 Å². The van der Waals surface area contributed by atoms with Crippen molar-refractivity contribution in [2.45, 2.75) is 40.0 Å². The highest BCUT2D eigenvalue weighted by atomic mass is 32.1. The van der Waals surface area contributed by atoms with E-state index in [1.807, 2.05) is 17.5 Å². The highest BCUT2D eigenvalue weighted by Gasteiger charge is 2.09. The Labute approximate surface area is 177 Å². The molecule has 0 amide bonds. The molecule has 0 spiro atoms. The average molecular weight is 402 g/mol. The number of anilines is 1. The molecule has 0 unspecified atom stereocenters. The van der Waals surface area contributed by atoms with Gasteiger partial charge in [-0.15, -0.1) is 11.3 Å². The Morgan fingerprint density at radius 1 is 1.07 bits per heavy atom. The molecule has 3 nitrogen and oxygen atoms in total. The molecule has 0 aliphatic heterocycles. The molecule has 3 aromatic rings. The van der Waals surface area contributed by atoms with Crippen LogP contribution in [0.1, 0.15) is 49.7 Å². The summed E-state index contributed by atoms with van der Waals surface area (Å²) in [4.78, 5) is 4.68. The van der Waals surface area contributed by atoms with Crippen molar-refractivity contribution in [1.29, 1.82) is 5.26 Å². The monoisotopic (exact) mass is 401 g/mol. The van der Waals surface area contributed by atoms with Crippen molar-refractivity contribution in [2.75, 3.05) is 5.32 Å². The lowest BCUT2D eigenvalue weighted by Gasteiger charge is -2.07. The molecule has 0 aliphatic rings. The second kappa shape index (κ2) is 9.54. The molecule has 29 heavy (non-hydrogen) atoms. The lowest BCUT2D eigenvalue weighted by Crippen LogP contribution is -1.93. The predicted molar refractivity (Wildman–Crippen MR) is 124 cm³/mol. The van der Waals surface area contributed by atoms with E-state index in [1.54, 1.807) is 6.20 Å². The van der Waals surface area contributed by atoms with Crippen molar-refractivity contribution in [3.05, 3.63) is 76.2 Å². The molecule has 0 aliphatic carbocycles. The maximum Gasteiger partial charge on any atom is 0.136 e. The van der Waals surface area contributed by atoms with Gasteiger partial charge in [-0.2, -0.15) is 5.26 Å². The van der Waals surface area contributed by atoms with E-state index in [0.717, 1.165) is 28.4 Å². The van der Waals surface area contributed by atoms with Crippen LogP contribution in [-0.2, 0) is 6.42 Å². The van der Waals surface area contributed by atoms with Gasteiger partial charge in [-0.3, -0.25) is 0 Å². The summed E-state index contributed by atoms with van der Waals surface area (Å²) in [5.41, 5.74) is 6.11. The van der Waals surface area contributed by atoms with Crippen LogP contribution in [0.25, 0.3) is 16.8 Å². The fraction of sp³-hybridized carbons (Fsp3) is 0.280. The van der Waals surface area contributed by atoms with Gasteiger partial charge in [0.15, 0.2) is 0 Å². The first kappa shape index (κ1) is 20.8. The molecule has 0 atom stereocenters. The Hall–Kier alpha value is -2.90. The average Bonchev–Trinajstić information content (AvgIpc) is 3.19. The zero-order valence-corrected chi connectivity index (χ0v) is 18.3. The van der Waals surface area contributed by atoms with Gasteiger partial charge < -0.3 is 5.32 Å². The maximum absolute atomic E-state index is 9.58. The van der Waals surface area contributed by atoms with Crippen molar-refractivity contribution in [1.82, 2.24) is 4.98 Å². The molecule has 3 rings (SSSR count). The van der Waals surface area contributed by atoms with Crippen LogP contribution in [0.2, 0.25) is 0 Å². The number of allylic oxidation sites excluding steroid dienone is 1. The van der Waals surface area contributed by atoms with E-state index in [4.69, 9.17) is 0 Å². The molecule has 0 bridgehead atoms. The molecule has 0 radical (unpaired) electrons. The van der Waals surface area contributed by atoms with Crippen LogP contribution in [0, 0.1) is 17.2 Å². The van der Waals surface area contributed by atoms with Crippen LogP contribution in [0.4, 0.5) is 5.69 Å². The summed E-state index contributed by atoms with van der Waals surface area (Å²) in [5, 5.41) is 15.5. The van der Waals surface area contributed by atoms with Crippen molar-refractivity contribution in [2.24, 2.45) is 5.92 Å². The zero-order chi connectivity index (χ0) is 20.8. The van der Waals surface area contributed by atoms with E-state index in [1.165, 1.54) is 22.5 Å². The number of thiazole rings is 1. The van der Waals surface area contributed by atoms with E-state index >= 15 is 0 Å². The summed E-state index contributed by atoms with van der Waals surface area (Å²) < 4.78 is 0. The van der Waals surface area contributed by atoms with Gasteiger partial charge in [-0.1, -0.05) is 64.1 Å². The first-order valence-electron chi connectivity index (χ1n) is 9.98. The minimum absolute atomic E-state index is 0.502. The molecule has 0 saturated heterocycles. The number of nitrogens with zero attached hydrogens (tertiary/aromatic N) is 2. The van der Waals surface area contributed by atoms with Gasteiger partial charge >= 0.3 is 0 Å². The zero-order valence-electron chi connectivity index (χ0n) is 17.4. The van der Waals surface area contributed by atoms with Gasteiger partial charge in [0, 0.05) is 22.8 Å². The molecule has 1 heterocycles. The van der Waals surface area contributed by atoms with Gasteiger partial charge in [-0.25, -0.2) is 4.98 Å². The largest absolute Gasteiger partial charge is 0.360 e. The first-order valence-corrected chi connectivity index (χ1v) is 10.9. The molecule has 0 saturated carbocycles. The first-order chi connectivity index (χ1) is 14.0. The second-order valence-electron chi connectivity index (χ2n) is 7.92. The number of rotatable bonds is 7. The van der Waals surface area contributed by atoms with Gasteiger partial charge in [0.2, 0.25) is 0 Å². The summed E-state index contributed by atoms with van der Waals surface area (Å²) in [6.45, 7) is 8.80. The van der Waals surface area contributed by atoms with Crippen LogP contribution < -0.4 is 5.32 Å². The Kier molecular flexibility index (Phi) is 6.85. The molecule has 1 N–H and O–H groups in total. The summed E-state index contributed by atoms with van der Waals surface area (Å²) in [6.07, 6.45) is 2.81. The number of hydrogen-bond donors (Lipinski definition) is 1. The Morgan fingerprint density at radius 3 is 2.34 bits per heavy atom. The number of hydrogen-bond acceptors (Lipinski definition) is 4. The fourth-order valence-electron chi connectivity index (χ4n) is 3.07. The Morgan fingerprint density at radius 2 is 1.76 bits per heavy atom. The van der Waals surface area contributed by atoms with Crippen LogP contribution in [0.5, 0.6) is 0 Å². The predicted octanol–water partition coefficient (Wildman–Crippen LogP) is 7.11. The normalized spacial score (nSPS) is 11.7. The van der Waals surface area contributed by atoms with E-state index < -0.39 is 0 Å². The van der Waals surface area contributed by atoms with Crippen molar-refractivity contribution < 1.29 is 0 Å². The lowest BCUT2D eigenvalue weighted by molar-refractivity contribution is 0.647. The third kappa shape index (κ3) is 5.56. The topological polar surface area (TPSA) is 48.7 Å². The maximum atomic E-state index is 9.58. The summed E-state index contributed by atoms with van der Waals surface area (Å²) >= 11 is 1.49. The molecular formula is C25H27N3S. The lowest BCUT2D eigenvalue weighted by atomic mass is 10.0. The van der Waals surface area contributed by atoms with Crippen LogP contribution in [0.3, 0.4) is 0 Å². The third-order valence-corrected chi connectivity index (χ3v) is 5.58. The van der Waals surface area contributed by atoms with Crippen molar-refractivity contribution in [3.8, 4) is 17.3 Å². The minimum Gasteiger partial charge on any atom is -0.360 e. The Balaban J connectivity index is 1.73. The number of nitrogens with one attached hydrogen (secondary N) is 1. The number of aromatic nitrogens is 1. The smallest absolute Gasteiger partial charge is 0.136 e. The molecule has 0 fully saturated rings. The van der Waals surface area contributed by atoms with E-state index in [0.29, 0.717) is 17.4 Å². The summed E-state index contributed by atoms with van der Waals surface area (Å²) in [6, 6.07) is 19.1. The highest BCUT2D eigenvalue weighted by Crippen LogP contribution is 2.27. The van der Waals surface area contributed by atoms with E-state index in [-0.39, 0.29) is 0 Å². The third-order valence-electron chi connectivity index (χ3n) is 4.71. The molecular weight excluding hydrogens is 374 g/mol. The van der Waals surface area contributed by atoms with Crippen LogP contribution in [0.15, 0.2) is 60.1 Å². The van der Waals surface area contributed by atoms with Gasteiger partial charge in [0.1, 0.15) is 16.6 Å². The molecule has 4 heteroatoms. The van der Waals surface area contributed by atoms with Crippen LogP contribution in [-0.4, -0.2) is 4.98 Å². The summed E-state index contributed by atoms with van der Waals surface area (Å²) in [5.74, 6) is 1.14. The highest BCUT2D eigenvalue weighted by molar-refractivity contribution is 7.11. The minimum atomic E-state index is 0.502. The Bertz CT molecular complexity index is 1000. The van der Waals surface area contributed by atoms with E-state index in [2.05, 4.69) is 80.5 Å². The number of nitriles is 1. The quantitative estimate of drug-likeness (QED) is 0.429. The molecule has 2 aromatic carbocycles. The van der Waals surface area contributed by atoms with Crippen LogP contribution >= 0.6 is 11.3 Å². The second-order valence-corrected chi connectivity index (χ2v) is 8.78. The molecule has 148 valence electrons. The SMILES string of the molecule is CC(C)Cc1ccc(-c2csc(C(C#N)=CNc3ccc(C(C)C)cc3)n2)cc1. The fourth-order valence-corrected chi connectivity index (χ4v) is 3.87. The molecule has 1 aromatic heterocycles. The standard InChI is InChI=1S/C25H27N3S/c1-17(2)13-19-5-7-21(8-6-19)24-16-29-25(28-24)22(14-26)15-27-23-11-9-20(10-12-23)18(3)4/h5-12,15-18,27H,13H2,1-4H3. The summed E-state index contributed by atoms with van der Waals surface area (Å²) in [7, 11) is 0. The van der Waals surface area contributed by atoms with Crippen molar-refractivity contribution in [3.63, 3.8) is 0 Å². The van der Waals surface area contributed by atoms with E-state index in [9.17, 15) is 5.26 Å². The van der Waals surface area contributed by atoms with Crippen molar-refractivity contribution >= 4 is 22.6 Å². The van der Waals surface area contributed by atoms with Gasteiger partial charge in [0.05, 0.1) is 5.69 Å².